The van der Waals surface area contributed by atoms with E-state index in [1.54, 1.807) is 0 Å². The molecule has 1 saturated heterocycles. The molecule has 0 spiro atoms. The van der Waals surface area contributed by atoms with E-state index in [4.69, 9.17) is 5.73 Å². The van der Waals surface area contributed by atoms with Crippen LogP contribution in [0.1, 0.15) is 30.1 Å². The summed E-state index contributed by atoms with van der Waals surface area (Å²) in [5, 5.41) is 10.4. The highest BCUT2D eigenvalue weighted by Crippen LogP contribution is 2.23. The lowest BCUT2D eigenvalue weighted by atomic mass is 10.0. The number of aryl methyl sites for hydroxylation is 1. The van der Waals surface area contributed by atoms with Crippen molar-refractivity contribution in [1.29, 1.82) is 0 Å². The van der Waals surface area contributed by atoms with Crippen molar-refractivity contribution in [3.63, 3.8) is 0 Å². The Morgan fingerprint density at radius 2 is 2.15 bits per heavy atom. The van der Waals surface area contributed by atoms with Crippen LogP contribution in [0.25, 0.3) is 10.8 Å². The number of aromatic nitrogens is 4. The number of benzene rings is 1. The van der Waals surface area contributed by atoms with E-state index in [-0.39, 0.29) is 11.9 Å². The number of rotatable bonds is 5. The molecule has 2 N–H and O–H groups in total. The van der Waals surface area contributed by atoms with Crippen LogP contribution in [0, 0.1) is 0 Å². The summed E-state index contributed by atoms with van der Waals surface area (Å²) >= 11 is 0. The number of carbonyl (C=O) groups is 1. The molecule has 3 heterocycles. The molecule has 1 aliphatic heterocycles. The molecule has 0 bridgehead atoms. The molecule has 0 saturated carbocycles. The molecule has 1 aromatic carbocycles. The summed E-state index contributed by atoms with van der Waals surface area (Å²) in [7, 11) is 0. The molecule has 0 aliphatic carbocycles. The van der Waals surface area contributed by atoms with Crippen molar-refractivity contribution in [3.8, 4) is 0 Å². The van der Waals surface area contributed by atoms with Gasteiger partial charge in [0.2, 0.25) is 5.91 Å². The second-order valence-electron chi connectivity index (χ2n) is 6.70. The van der Waals surface area contributed by atoms with Crippen molar-refractivity contribution >= 4 is 16.7 Å². The maximum Gasteiger partial charge on any atom is 0.222 e. The van der Waals surface area contributed by atoms with Crippen LogP contribution < -0.4 is 5.73 Å². The van der Waals surface area contributed by atoms with Crippen molar-refractivity contribution in [2.24, 2.45) is 5.73 Å². The fourth-order valence-electron chi connectivity index (χ4n) is 3.55. The van der Waals surface area contributed by atoms with Crippen molar-refractivity contribution in [2.75, 3.05) is 13.1 Å². The quantitative estimate of drug-likeness (QED) is 0.756. The molecular weight excluding hydrogens is 328 g/mol. The smallest absolute Gasteiger partial charge is 0.222 e. The molecule has 1 aliphatic rings. The summed E-state index contributed by atoms with van der Waals surface area (Å²) in [4.78, 5) is 18.9. The van der Waals surface area contributed by atoms with Crippen LogP contribution in [-0.4, -0.2) is 43.9 Å². The largest absolute Gasteiger partial charge is 0.340 e. The number of hydrogen-bond donors (Lipinski definition) is 1. The maximum absolute atomic E-state index is 12.6. The van der Waals surface area contributed by atoms with Gasteiger partial charge in [0.25, 0.3) is 0 Å². The average Bonchev–Trinajstić information content (AvgIpc) is 3.35. The maximum atomic E-state index is 12.6. The predicted molar refractivity (Wildman–Crippen MR) is 98.2 cm³/mol. The summed E-state index contributed by atoms with van der Waals surface area (Å²) in [6.45, 7) is 1.82. The number of carbonyl (C=O) groups excluding carboxylic acids is 1. The van der Waals surface area contributed by atoms with Crippen LogP contribution in [0.15, 0.2) is 42.9 Å². The fourth-order valence-corrected chi connectivity index (χ4v) is 3.55. The van der Waals surface area contributed by atoms with Crippen molar-refractivity contribution in [2.45, 2.75) is 31.8 Å². The Bertz CT molecular complexity index is 916. The minimum absolute atomic E-state index is 0.180. The number of nitrogens with zero attached hydrogens (tertiary/aromatic N) is 5. The molecule has 2 aromatic heterocycles. The lowest BCUT2D eigenvalue weighted by Gasteiger charge is -2.16. The Morgan fingerprint density at radius 3 is 3.00 bits per heavy atom. The highest BCUT2D eigenvalue weighted by molar-refractivity contribution is 5.85. The predicted octanol–water partition coefficient (Wildman–Crippen LogP) is 1.69. The molecule has 1 atom stereocenters. The number of likely N-dealkylation sites (tertiary alicyclic amines) is 1. The number of fused-ring (bicyclic) bond motifs is 1. The highest BCUT2D eigenvalue weighted by Gasteiger charge is 2.28. The van der Waals surface area contributed by atoms with E-state index in [1.165, 1.54) is 5.39 Å². The van der Waals surface area contributed by atoms with Crippen LogP contribution in [0.5, 0.6) is 0 Å². The van der Waals surface area contributed by atoms with Crippen molar-refractivity contribution in [3.05, 3.63) is 54.1 Å². The van der Waals surface area contributed by atoms with Crippen LogP contribution in [-0.2, 0) is 17.8 Å². The summed E-state index contributed by atoms with van der Waals surface area (Å²) in [5.41, 5.74) is 7.48. The van der Waals surface area contributed by atoms with Gasteiger partial charge in [0.1, 0.15) is 0 Å². The minimum atomic E-state index is 0.180. The third-order valence-corrected chi connectivity index (χ3v) is 5.02. The normalized spacial score (nSPS) is 17.1. The molecule has 7 nitrogen and oxygen atoms in total. The number of nitrogens with two attached hydrogens (primary N) is 1. The number of hydrogen-bond acceptors (Lipinski definition) is 5. The molecule has 1 amide bonds. The van der Waals surface area contributed by atoms with Crippen LogP contribution in [0.3, 0.4) is 0 Å². The summed E-state index contributed by atoms with van der Waals surface area (Å²) in [6, 6.07) is 8.34. The van der Waals surface area contributed by atoms with E-state index in [0.29, 0.717) is 25.9 Å². The number of amides is 1. The van der Waals surface area contributed by atoms with Gasteiger partial charge in [0.15, 0.2) is 0 Å². The molecule has 3 aromatic rings. The van der Waals surface area contributed by atoms with Crippen molar-refractivity contribution in [1.82, 2.24) is 24.9 Å². The topological polar surface area (TPSA) is 89.9 Å². The zero-order valence-corrected chi connectivity index (χ0v) is 14.6. The molecule has 134 valence electrons. The second-order valence-corrected chi connectivity index (χ2v) is 6.70. The first-order chi connectivity index (χ1) is 12.7. The lowest BCUT2D eigenvalue weighted by Crippen LogP contribution is -2.29. The highest BCUT2D eigenvalue weighted by atomic mass is 16.2. The van der Waals surface area contributed by atoms with E-state index < -0.39 is 0 Å². The zero-order chi connectivity index (χ0) is 17.9. The monoisotopic (exact) mass is 350 g/mol. The molecular formula is C19H22N6O. The minimum Gasteiger partial charge on any atom is -0.340 e. The summed E-state index contributed by atoms with van der Waals surface area (Å²) < 4.78 is 1.84. The van der Waals surface area contributed by atoms with Crippen LogP contribution in [0.4, 0.5) is 0 Å². The van der Waals surface area contributed by atoms with Crippen LogP contribution in [0.2, 0.25) is 0 Å². The SMILES string of the molecule is NCc1cn(C2CCN(C(=O)CCc3cncc4ccccc34)C2)nn1. The first-order valence-corrected chi connectivity index (χ1v) is 8.95. The van der Waals surface area contributed by atoms with Gasteiger partial charge in [-0.15, -0.1) is 5.10 Å². The molecule has 26 heavy (non-hydrogen) atoms. The third-order valence-electron chi connectivity index (χ3n) is 5.02. The lowest BCUT2D eigenvalue weighted by molar-refractivity contribution is -0.130. The van der Waals surface area contributed by atoms with Gasteiger partial charge in [-0.2, -0.15) is 0 Å². The molecule has 1 fully saturated rings. The van der Waals surface area contributed by atoms with E-state index in [0.717, 1.165) is 29.6 Å². The van der Waals surface area contributed by atoms with Gasteiger partial charge in [-0.3, -0.25) is 9.78 Å². The average molecular weight is 350 g/mol. The standard InChI is InChI=1S/C19H22N6O/c20-9-16-12-25(23-22-16)17-7-8-24(13-17)19(26)6-5-15-11-21-10-14-3-1-2-4-18(14)15/h1-4,10-12,17H,5-9,13,20H2. The van der Waals surface area contributed by atoms with E-state index >= 15 is 0 Å². The Labute approximate surface area is 151 Å². The summed E-state index contributed by atoms with van der Waals surface area (Å²) in [5.74, 6) is 0.180. The zero-order valence-electron chi connectivity index (χ0n) is 14.6. The Morgan fingerprint density at radius 1 is 1.27 bits per heavy atom. The first kappa shape index (κ1) is 16.7. The van der Waals surface area contributed by atoms with Gasteiger partial charge in [-0.25, -0.2) is 4.68 Å². The molecule has 7 heteroatoms. The van der Waals surface area contributed by atoms with Crippen LogP contribution >= 0.6 is 0 Å². The van der Waals surface area contributed by atoms with E-state index in [2.05, 4.69) is 21.4 Å². The first-order valence-electron chi connectivity index (χ1n) is 8.95. The fraction of sp³-hybridized carbons (Fsp3) is 0.368. The van der Waals surface area contributed by atoms with Gasteiger partial charge < -0.3 is 10.6 Å². The van der Waals surface area contributed by atoms with E-state index in [1.807, 2.05) is 46.4 Å². The Kier molecular flexibility index (Phi) is 4.62. The van der Waals surface area contributed by atoms with Gasteiger partial charge in [-0.1, -0.05) is 29.5 Å². The third kappa shape index (κ3) is 3.30. The van der Waals surface area contributed by atoms with Gasteiger partial charge in [0, 0.05) is 43.8 Å². The molecule has 4 rings (SSSR count). The molecule has 1 unspecified atom stereocenters. The van der Waals surface area contributed by atoms with Gasteiger partial charge >= 0.3 is 0 Å². The van der Waals surface area contributed by atoms with Crippen molar-refractivity contribution < 1.29 is 4.79 Å². The summed E-state index contributed by atoms with van der Waals surface area (Å²) in [6.07, 6.45) is 7.70. The Balaban J connectivity index is 1.38. The van der Waals surface area contributed by atoms with Gasteiger partial charge in [0.05, 0.1) is 17.9 Å². The second kappa shape index (κ2) is 7.21. The molecule has 0 radical (unpaired) electrons. The van der Waals surface area contributed by atoms with E-state index in [9.17, 15) is 4.79 Å². The Hall–Kier alpha value is -2.80. The number of pyridine rings is 1. The van der Waals surface area contributed by atoms with Gasteiger partial charge in [-0.05, 0) is 23.8 Å².